The van der Waals surface area contributed by atoms with Gasteiger partial charge in [-0.05, 0) is 0 Å². The van der Waals surface area contributed by atoms with Crippen molar-refractivity contribution in [2.75, 3.05) is 0 Å². The van der Waals surface area contributed by atoms with E-state index < -0.39 is 16.1 Å². The van der Waals surface area contributed by atoms with Crippen LogP contribution >= 0.6 is 0 Å². The molecular weight excluding hydrogens is 257 g/mol. The van der Waals surface area contributed by atoms with Crippen LogP contribution in [0.1, 0.15) is 0 Å². The van der Waals surface area contributed by atoms with Crippen molar-refractivity contribution in [3.8, 4) is 0 Å². The molecule has 0 saturated carbocycles. The Balaban J connectivity index is -0.000000154. The Morgan fingerprint density at radius 1 is 0.750 bits per heavy atom. The molecule has 0 aliphatic rings. The van der Waals surface area contributed by atoms with E-state index in [0.717, 1.165) is 0 Å². The van der Waals surface area contributed by atoms with Gasteiger partial charge in [0.25, 0.3) is 0 Å². The Kier molecular flexibility index (Phi) is 14.8. The van der Waals surface area contributed by atoms with Gasteiger partial charge >= 0.3 is 25.8 Å². The van der Waals surface area contributed by atoms with Gasteiger partial charge in [0.2, 0.25) is 0 Å². The van der Waals surface area contributed by atoms with Crippen LogP contribution in [-0.4, -0.2) is 16.1 Å². The van der Waals surface area contributed by atoms with Gasteiger partial charge in [-0.15, -0.1) is 16.1 Å². The minimum absolute atomic E-state index is 0. The van der Waals surface area contributed by atoms with Crippen molar-refractivity contribution < 1.29 is 25.8 Å². The molecule has 0 radical (unpaired) electrons. The zero-order valence-corrected chi connectivity index (χ0v) is 15.7. The third kappa shape index (κ3) is 85.5. The van der Waals surface area contributed by atoms with Gasteiger partial charge in [0.05, 0.1) is 0 Å². The summed E-state index contributed by atoms with van der Waals surface area (Å²) in [4.78, 5) is 0. The number of rotatable bonds is 0. The van der Waals surface area contributed by atoms with Gasteiger partial charge in [-0.2, -0.15) is 18.2 Å². The molecule has 0 fully saturated rings. The van der Waals surface area contributed by atoms with Crippen LogP contribution in [0.3, 0.4) is 0 Å². The molecule has 0 heterocycles. The largest absolute Gasteiger partial charge is 3.00 e. The average molecular weight is 284 g/mol. The van der Waals surface area contributed by atoms with Crippen LogP contribution in [0.15, 0.2) is 30.3 Å². The van der Waals surface area contributed by atoms with E-state index >= 15 is 0 Å². The molecule has 0 N–H and O–H groups in total. The van der Waals surface area contributed by atoms with Crippen molar-refractivity contribution in [3.63, 3.8) is 0 Å². The monoisotopic (exact) mass is 284 g/mol. The third-order valence-corrected chi connectivity index (χ3v) is 0.556. The average Bonchev–Trinajstić information content (AvgIpc) is 2.28. The van der Waals surface area contributed by atoms with Crippen molar-refractivity contribution in [1.29, 1.82) is 0 Å². The van der Waals surface area contributed by atoms with Crippen molar-refractivity contribution in [2.24, 2.45) is 0 Å². The summed E-state index contributed by atoms with van der Waals surface area (Å²) >= 11 is 0. The summed E-state index contributed by atoms with van der Waals surface area (Å²) in [5.74, 6) is 0. The predicted molar refractivity (Wildman–Crippen MR) is 79.4 cm³/mol. The Labute approximate surface area is 124 Å². The molecule has 0 aliphatic heterocycles. The summed E-state index contributed by atoms with van der Waals surface area (Å²) in [6.45, 7) is 21.1. The van der Waals surface area contributed by atoms with Crippen LogP contribution < -0.4 is 0 Å². The summed E-state index contributed by atoms with van der Waals surface area (Å²) in [5.41, 5.74) is 0. The summed E-state index contributed by atoms with van der Waals surface area (Å²) in [7, 11) is -1.72. The zero-order valence-electron chi connectivity index (χ0n) is 11.9. The van der Waals surface area contributed by atoms with E-state index in [0.29, 0.717) is 0 Å². The van der Waals surface area contributed by atoms with Crippen molar-refractivity contribution in [2.45, 2.75) is 39.3 Å². The molecule has 1 aromatic carbocycles. The quantitative estimate of drug-likeness (QED) is 0.474. The molecule has 0 aromatic heterocycles. The van der Waals surface area contributed by atoms with Crippen LogP contribution in [0, 0.1) is 13.1 Å². The zero-order chi connectivity index (χ0) is 12.5. The molecule has 0 unspecified atom stereocenters. The minimum atomic E-state index is -0.861. The normalized spacial score (nSPS) is 10.0. The second-order valence-corrected chi connectivity index (χ2v) is 16.3. The first kappa shape index (κ1) is 21.9. The first-order chi connectivity index (χ1) is 6.50. The van der Waals surface area contributed by atoms with E-state index in [1.54, 1.807) is 0 Å². The third-order valence-electron chi connectivity index (χ3n) is 0.556. The van der Waals surface area contributed by atoms with Gasteiger partial charge in [0.1, 0.15) is 0 Å². The van der Waals surface area contributed by atoms with Crippen LogP contribution in [-0.2, 0) is 25.8 Å². The maximum Gasteiger partial charge on any atom is 3.00 e. The summed E-state index contributed by atoms with van der Waals surface area (Å²) < 4.78 is 0. The molecule has 0 nitrogen and oxygen atoms in total. The summed E-state index contributed by atoms with van der Waals surface area (Å²) in [5, 5.41) is 0. The fourth-order valence-electron chi connectivity index (χ4n) is 0.321. The molecule has 1 aromatic rings. The smallest absolute Gasteiger partial charge is 0.342 e. The first-order valence-corrected chi connectivity index (χ1v) is 12.8. The molecule has 3 heteroatoms. The molecule has 90 valence electrons. The van der Waals surface area contributed by atoms with Gasteiger partial charge < -0.3 is 13.1 Å². The van der Waals surface area contributed by atoms with Crippen LogP contribution in [0.4, 0.5) is 0 Å². The fourth-order valence-corrected chi connectivity index (χ4v) is 0.321. The standard InChI is InChI=1S/C5H5.2C4H11Si.Sc/c1-2-4-5-3-1;2*1-5(2,3)4;/h1-5H;2*1H2,2-4H3;/q3*-1;+3. The van der Waals surface area contributed by atoms with Gasteiger partial charge in [-0.1, -0.05) is 39.3 Å². The van der Waals surface area contributed by atoms with E-state index in [-0.39, 0.29) is 25.8 Å². The Morgan fingerprint density at radius 2 is 0.938 bits per heavy atom. The van der Waals surface area contributed by atoms with Gasteiger partial charge in [0, 0.05) is 0 Å². The van der Waals surface area contributed by atoms with E-state index in [1.165, 1.54) is 0 Å². The Bertz CT molecular complexity index is 164. The van der Waals surface area contributed by atoms with E-state index in [2.05, 4.69) is 52.4 Å². The maximum atomic E-state index is 3.91. The first-order valence-electron chi connectivity index (χ1n) is 5.37. The predicted octanol–water partition coefficient (Wildman–Crippen LogP) is 4.80. The Morgan fingerprint density at radius 3 is 1.00 bits per heavy atom. The molecule has 0 saturated heterocycles. The van der Waals surface area contributed by atoms with Gasteiger partial charge in [-0.3, -0.25) is 0 Å². The second kappa shape index (κ2) is 10.8. The maximum absolute atomic E-state index is 3.91. The molecule has 0 aliphatic carbocycles. The van der Waals surface area contributed by atoms with Crippen LogP contribution in [0.2, 0.25) is 39.3 Å². The summed E-state index contributed by atoms with van der Waals surface area (Å²) in [6, 6.07) is 10.0. The topological polar surface area (TPSA) is 0 Å². The second-order valence-electron chi connectivity index (χ2n) is 6.08. The number of hydrogen-bond acceptors (Lipinski definition) is 0. The minimum Gasteiger partial charge on any atom is -0.342 e. The molecule has 0 bridgehead atoms. The van der Waals surface area contributed by atoms with Crippen LogP contribution in [0.5, 0.6) is 0 Å². The van der Waals surface area contributed by atoms with Crippen molar-refractivity contribution in [3.05, 3.63) is 43.4 Å². The van der Waals surface area contributed by atoms with Crippen molar-refractivity contribution >= 4 is 16.1 Å². The molecule has 0 atom stereocenters. The van der Waals surface area contributed by atoms with Gasteiger partial charge in [-0.25, -0.2) is 12.1 Å². The Hall–Kier alpha value is 0.654. The van der Waals surface area contributed by atoms with Crippen LogP contribution in [0.25, 0.3) is 0 Å². The molecule has 16 heavy (non-hydrogen) atoms. The van der Waals surface area contributed by atoms with E-state index in [4.69, 9.17) is 0 Å². The molecule has 0 amide bonds. The fraction of sp³-hybridized carbons (Fsp3) is 0.462. The summed E-state index contributed by atoms with van der Waals surface area (Å²) in [6.07, 6.45) is 0. The van der Waals surface area contributed by atoms with Crippen molar-refractivity contribution in [1.82, 2.24) is 0 Å². The SMILES string of the molecule is [CH2-][Si](C)(C)C.[CH2-][Si](C)(C)C.[Sc+3].c1cc[cH-]c1. The number of hydrogen-bond donors (Lipinski definition) is 0. The molecular formula is C13H27ScSi2. The van der Waals surface area contributed by atoms with E-state index in [9.17, 15) is 0 Å². The van der Waals surface area contributed by atoms with Gasteiger partial charge in [0.15, 0.2) is 0 Å². The van der Waals surface area contributed by atoms with E-state index in [1.807, 2.05) is 30.3 Å². The molecule has 1 rings (SSSR count). The molecule has 0 spiro atoms.